The second kappa shape index (κ2) is 11.5. The summed E-state index contributed by atoms with van der Waals surface area (Å²) in [7, 11) is 0. The van der Waals surface area contributed by atoms with Crippen molar-refractivity contribution in [3.63, 3.8) is 0 Å². The predicted molar refractivity (Wildman–Crippen MR) is 83.5 cm³/mol. The zero-order valence-electron chi connectivity index (χ0n) is 11.2. The van der Waals surface area contributed by atoms with E-state index in [0.717, 1.165) is 12.8 Å². The minimum absolute atomic E-state index is 0. The molecule has 0 spiro atoms. The molecule has 100 valence electrons. The van der Waals surface area contributed by atoms with Crippen LogP contribution >= 0.6 is 24.8 Å². The monoisotopic (exact) mass is 377 g/mol. The van der Waals surface area contributed by atoms with E-state index >= 15 is 0 Å². The number of halogens is 2. The van der Waals surface area contributed by atoms with E-state index in [1.807, 2.05) is 0 Å². The maximum Gasteiger partial charge on any atom is -0.147 e. The smallest absolute Gasteiger partial charge is 0.147 e. The summed E-state index contributed by atoms with van der Waals surface area (Å²) in [6.45, 7) is 6.88. The van der Waals surface area contributed by atoms with E-state index < -0.39 is 0 Å². The zero-order valence-corrected chi connectivity index (χ0v) is 16.3. The van der Waals surface area contributed by atoms with Crippen molar-refractivity contribution in [3.05, 3.63) is 47.6 Å². The molecule has 0 aromatic heterocycles. The molecule has 0 radical (unpaired) electrons. The summed E-state index contributed by atoms with van der Waals surface area (Å²) in [6, 6.07) is 0. The van der Waals surface area contributed by atoms with Crippen LogP contribution in [0.1, 0.15) is 19.8 Å². The molecule has 0 aliphatic heterocycles. The van der Waals surface area contributed by atoms with Crippen LogP contribution in [0.3, 0.4) is 0 Å². The van der Waals surface area contributed by atoms with Crippen LogP contribution in [0.25, 0.3) is 0 Å². The zero-order chi connectivity index (χ0) is 12.0. The Kier molecular flexibility index (Phi) is 13.3. The van der Waals surface area contributed by atoms with Gasteiger partial charge < -0.3 is 0 Å². The molecule has 0 heterocycles. The van der Waals surface area contributed by atoms with Crippen LogP contribution in [-0.2, 0) is 23.3 Å². The molecule has 2 rings (SSSR count). The van der Waals surface area contributed by atoms with E-state index in [-0.39, 0.29) is 30.2 Å². The van der Waals surface area contributed by atoms with E-state index in [0.29, 0.717) is 5.92 Å². The van der Waals surface area contributed by atoms with Gasteiger partial charge in [-0.15, -0.1) is 31.2 Å². The van der Waals surface area contributed by atoms with Gasteiger partial charge in [0.25, 0.3) is 0 Å². The van der Waals surface area contributed by atoms with E-state index in [1.54, 1.807) is 23.3 Å². The van der Waals surface area contributed by atoms with Crippen molar-refractivity contribution >= 4 is 30.2 Å². The summed E-state index contributed by atoms with van der Waals surface area (Å²) in [5.74, 6) is 0.568. The second-order valence-electron chi connectivity index (χ2n) is 4.33. The molecule has 0 saturated carbocycles. The van der Waals surface area contributed by atoms with Crippen molar-refractivity contribution in [1.82, 2.24) is 0 Å². The fraction of sp³-hybridized carbons (Fsp3) is 0.429. The van der Waals surface area contributed by atoms with Crippen LogP contribution < -0.4 is 0 Å². The first kappa shape index (κ1) is 20.9. The van der Waals surface area contributed by atoms with E-state index in [4.69, 9.17) is 0 Å². The molecule has 2 aliphatic carbocycles. The van der Waals surface area contributed by atoms with Crippen LogP contribution in [0.5, 0.6) is 0 Å². The van der Waals surface area contributed by atoms with E-state index in [2.05, 4.69) is 56.5 Å². The summed E-state index contributed by atoms with van der Waals surface area (Å²) in [6.07, 6.45) is 16.5. The maximum atomic E-state index is 3.37. The van der Waals surface area contributed by atoms with Crippen molar-refractivity contribution in [2.24, 2.45) is 5.92 Å². The predicted octanol–water partition coefficient (Wildman–Crippen LogP) is 4.83. The first-order chi connectivity index (χ1) is 7.61. The molecule has 18 heavy (non-hydrogen) atoms. The van der Waals surface area contributed by atoms with Crippen molar-refractivity contribution < 1.29 is 23.3 Å². The van der Waals surface area contributed by atoms with Gasteiger partial charge in [-0.2, -0.15) is 6.08 Å². The molecule has 0 saturated heterocycles. The third kappa shape index (κ3) is 7.94. The van der Waals surface area contributed by atoms with Crippen molar-refractivity contribution in [1.29, 1.82) is 0 Å². The SMILES string of the molecule is CC(C1=[C-]CC=C1)C1=CC=CC1.C[Si](C)=[Zr].Cl.Cl. The Morgan fingerprint density at radius 3 is 2.28 bits per heavy atom. The third-order valence-corrected chi connectivity index (χ3v) is 2.54. The van der Waals surface area contributed by atoms with Gasteiger partial charge in [-0.25, -0.2) is 11.6 Å². The topological polar surface area (TPSA) is 0 Å². The van der Waals surface area contributed by atoms with Gasteiger partial charge in [-0.1, -0.05) is 30.7 Å². The third-order valence-electron chi connectivity index (χ3n) is 2.54. The molecule has 0 aromatic carbocycles. The number of rotatable bonds is 2. The van der Waals surface area contributed by atoms with Gasteiger partial charge in [-0.05, 0) is 12.3 Å². The molecule has 0 amide bonds. The Morgan fingerprint density at radius 2 is 1.89 bits per heavy atom. The van der Waals surface area contributed by atoms with Gasteiger partial charge in [-0.3, -0.25) is 6.08 Å². The standard InChI is InChI=1S/C12H13.C2H6Si.2ClH.Zr/c1-10(11-6-2-3-7-11)12-8-4-5-9-12;1-3-2;;;/h2-4,6,8,10H,5,7H2,1H3;1-2H3;2*1H;/q-1;;;;. The van der Waals surface area contributed by atoms with Gasteiger partial charge in [0, 0.05) is 0 Å². The Hall–Kier alpha value is 0.640. The fourth-order valence-electron chi connectivity index (χ4n) is 1.70. The minimum atomic E-state index is 0. The maximum absolute atomic E-state index is 3.37. The first-order valence-corrected chi connectivity index (χ1v) is 11.9. The number of allylic oxidation sites excluding steroid dienone is 8. The average molecular weight is 380 g/mol. The fourth-order valence-corrected chi connectivity index (χ4v) is 1.70. The summed E-state index contributed by atoms with van der Waals surface area (Å²) in [4.78, 5) is 0. The van der Waals surface area contributed by atoms with Gasteiger partial charge in [0.05, 0.1) is 0 Å². The molecule has 4 heteroatoms. The van der Waals surface area contributed by atoms with Crippen molar-refractivity contribution in [2.45, 2.75) is 32.9 Å². The van der Waals surface area contributed by atoms with Gasteiger partial charge in [0.1, 0.15) is 0 Å². The summed E-state index contributed by atoms with van der Waals surface area (Å²) >= 11 is 1.74. The Bertz CT molecular complexity index is 377. The van der Waals surface area contributed by atoms with Crippen molar-refractivity contribution in [3.8, 4) is 0 Å². The van der Waals surface area contributed by atoms with Crippen molar-refractivity contribution in [2.75, 3.05) is 0 Å². The van der Waals surface area contributed by atoms with Crippen LogP contribution in [0.15, 0.2) is 41.5 Å². The van der Waals surface area contributed by atoms with E-state index in [1.165, 1.54) is 11.1 Å². The molecular weight excluding hydrogens is 358 g/mol. The van der Waals surface area contributed by atoms with Crippen LogP contribution in [0, 0.1) is 12.0 Å². The molecule has 1 atom stereocenters. The largest absolute Gasteiger partial charge is 0.147 e. The number of hydrogen-bond donors (Lipinski definition) is 0. The van der Waals surface area contributed by atoms with Crippen LogP contribution in [0.2, 0.25) is 13.1 Å². The molecular formula is C14H21Cl2SiZr-. The van der Waals surface area contributed by atoms with Gasteiger partial charge in [0.2, 0.25) is 0 Å². The second-order valence-corrected chi connectivity index (χ2v) is 13.7. The molecule has 0 nitrogen and oxygen atoms in total. The normalized spacial score (nSPS) is 16.6. The van der Waals surface area contributed by atoms with Gasteiger partial charge >= 0.3 is 41.9 Å². The number of hydrogen-bond acceptors (Lipinski definition) is 0. The quantitative estimate of drug-likeness (QED) is 0.476. The molecule has 0 N–H and O–H groups in total. The summed E-state index contributed by atoms with van der Waals surface area (Å²) in [5, 5.41) is 0. The molecule has 0 aromatic rings. The summed E-state index contributed by atoms with van der Waals surface area (Å²) in [5.41, 5.74) is 3.09. The Labute approximate surface area is 139 Å². The molecule has 2 aliphatic rings. The molecule has 0 bridgehead atoms. The van der Waals surface area contributed by atoms with E-state index in [9.17, 15) is 0 Å². The summed E-state index contributed by atoms with van der Waals surface area (Å²) < 4.78 is 0. The first-order valence-electron chi connectivity index (χ1n) is 5.76. The van der Waals surface area contributed by atoms with Crippen LogP contribution in [0.4, 0.5) is 0 Å². The Balaban J connectivity index is 0. The van der Waals surface area contributed by atoms with Gasteiger partial charge in [0.15, 0.2) is 0 Å². The molecule has 0 fully saturated rings. The Morgan fingerprint density at radius 1 is 1.28 bits per heavy atom. The molecule has 1 unspecified atom stereocenters. The minimum Gasteiger partial charge on any atom is -0.147 e. The average Bonchev–Trinajstić information content (AvgIpc) is 2.90. The van der Waals surface area contributed by atoms with Crippen LogP contribution in [-0.4, -0.2) is 5.43 Å².